The first-order valence-electron chi connectivity index (χ1n) is 9.70. The van der Waals surface area contributed by atoms with Gasteiger partial charge < -0.3 is 18.8 Å². The number of nitrogens with zero attached hydrogens (tertiary/aromatic N) is 3. The summed E-state index contributed by atoms with van der Waals surface area (Å²) < 4.78 is 17.1. The number of rotatable bonds is 4. The number of fused-ring (bicyclic) bond motifs is 1. The van der Waals surface area contributed by atoms with Gasteiger partial charge in [0.25, 0.3) is 5.91 Å². The molecule has 4 heterocycles. The zero-order valence-electron chi connectivity index (χ0n) is 15.6. The molecule has 1 fully saturated rings. The van der Waals surface area contributed by atoms with Gasteiger partial charge in [0.1, 0.15) is 11.9 Å². The highest BCUT2D eigenvalue weighted by Crippen LogP contribution is 2.26. The minimum atomic E-state index is -0.0558. The summed E-state index contributed by atoms with van der Waals surface area (Å²) in [5.41, 5.74) is 2.14. The molecular weight excluding hydrogens is 346 g/mol. The first-order valence-corrected chi connectivity index (χ1v) is 9.70. The molecule has 144 valence electrons. The number of hydrogen-bond donors (Lipinski definition) is 0. The third kappa shape index (κ3) is 3.98. The van der Waals surface area contributed by atoms with Crippen molar-refractivity contribution >= 4 is 5.91 Å². The summed E-state index contributed by atoms with van der Waals surface area (Å²) in [4.78, 5) is 23.5. The van der Waals surface area contributed by atoms with Gasteiger partial charge in [-0.15, -0.1) is 0 Å². The third-order valence-corrected chi connectivity index (χ3v) is 5.14. The summed E-state index contributed by atoms with van der Waals surface area (Å²) in [5.74, 6) is 1.86. The number of aromatic nitrogens is 2. The van der Waals surface area contributed by atoms with Crippen LogP contribution >= 0.6 is 0 Å². The maximum atomic E-state index is 12.4. The Morgan fingerprint density at radius 1 is 1.26 bits per heavy atom. The Balaban J connectivity index is 1.44. The van der Waals surface area contributed by atoms with E-state index in [1.54, 1.807) is 12.1 Å². The monoisotopic (exact) mass is 371 g/mol. The van der Waals surface area contributed by atoms with Crippen molar-refractivity contribution in [2.45, 2.75) is 45.1 Å². The van der Waals surface area contributed by atoms with Crippen LogP contribution in [0.1, 0.15) is 47.4 Å². The summed E-state index contributed by atoms with van der Waals surface area (Å²) in [7, 11) is 0. The number of carbonyl (C=O) groups excluding carboxylic acids is 1. The number of furan rings is 1. The zero-order valence-corrected chi connectivity index (χ0v) is 15.6. The Kier molecular flexibility index (Phi) is 5.38. The topological polar surface area (TPSA) is 77.7 Å². The minimum absolute atomic E-state index is 0.0542. The van der Waals surface area contributed by atoms with Gasteiger partial charge in [-0.3, -0.25) is 4.79 Å². The molecule has 27 heavy (non-hydrogen) atoms. The number of carbonyl (C=O) groups is 1. The smallest absolute Gasteiger partial charge is 0.289 e. The van der Waals surface area contributed by atoms with Crippen LogP contribution in [0.4, 0.5) is 0 Å². The minimum Gasteiger partial charge on any atom is -0.474 e. The number of likely N-dealkylation sites (tertiary alicyclic amines) is 1. The lowest BCUT2D eigenvalue weighted by Crippen LogP contribution is -2.41. The Morgan fingerprint density at radius 2 is 2.07 bits per heavy atom. The van der Waals surface area contributed by atoms with Crippen molar-refractivity contribution in [3.63, 3.8) is 0 Å². The Hall–Kier alpha value is -2.41. The molecule has 0 spiro atoms. The largest absolute Gasteiger partial charge is 0.474 e. The second-order valence-corrected chi connectivity index (χ2v) is 6.92. The van der Waals surface area contributed by atoms with Gasteiger partial charge in [-0.1, -0.05) is 6.92 Å². The van der Waals surface area contributed by atoms with Crippen molar-refractivity contribution in [1.29, 1.82) is 0 Å². The number of piperidine rings is 1. The molecule has 1 saturated heterocycles. The molecule has 0 N–H and O–H groups in total. The summed E-state index contributed by atoms with van der Waals surface area (Å²) in [5, 5.41) is 0. The van der Waals surface area contributed by atoms with E-state index in [0.717, 1.165) is 49.2 Å². The molecule has 2 aliphatic heterocycles. The second-order valence-electron chi connectivity index (χ2n) is 6.92. The van der Waals surface area contributed by atoms with Crippen molar-refractivity contribution < 1.29 is 18.7 Å². The maximum absolute atomic E-state index is 12.4. The number of hydrogen-bond acceptors (Lipinski definition) is 6. The van der Waals surface area contributed by atoms with E-state index >= 15 is 0 Å². The summed E-state index contributed by atoms with van der Waals surface area (Å²) >= 11 is 0. The van der Waals surface area contributed by atoms with Crippen molar-refractivity contribution in [2.24, 2.45) is 0 Å². The van der Waals surface area contributed by atoms with Crippen molar-refractivity contribution in [2.75, 3.05) is 26.3 Å². The molecule has 0 aliphatic carbocycles. The first-order chi connectivity index (χ1) is 13.2. The zero-order chi connectivity index (χ0) is 18.6. The van der Waals surface area contributed by atoms with Crippen LogP contribution in [0.3, 0.4) is 0 Å². The molecule has 2 aliphatic rings. The maximum Gasteiger partial charge on any atom is 0.289 e. The van der Waals surface area contributed by atoms with E-state index in [1.165, 1.54) is 6.26 Å². The molecule has 7 heteroatoms. The van der Waals surface area contributed by atoms with Crippen molar-refractivity contribution in [1.82, 2.24) is 14.9 Å². The van der Waals surface area contributed by atoms with Crippen LogP contribution in [0.15, 0.2) is 22.8 Å². The van der Waals surface area contributed by atoms with Crippen LogP contribution in [-0.4, -0.2) is 53.2 Å². The fourth-order valence-corrected chi connectivity index (χ4v) is 3.61. The SMILES string of the molecule is CCc1nc2c(c(OC3CCN(C(=O)c4ccco4)CC3)n1)CCOCC2. The van der Waals surface area contributed by atoms with Crippen LogP contribution in [0.5, 0.6) is 5.88 Å². The average molecular weight is 371 g/mol. The van der Waals surface area contributed by atoms with E-state index in [0.29, 0.717) is 37.9 Å². The highest BCUT2D eigenvalue weighted by molar-refractivity contribution is 5.91. The van der Waals surface area contributed by atoms with Gasteiger partial charge in [0.15, 0.2) is 5.76 Å². The van der Waals surface area contributed by atoms with E-state index in [9.17, 15) is 4.79 Å². The lowest BCUT2D eigenvalue weighted by atomic mass is 10.1. The van der Waals surface area contributed by atoms with Gasteiger partial charge in [0.05, 0.1) is 25.2 Å². The molecule has 0 bridgehead atoms. The molecule has 7 nitrogen and oxygen atoms in total. The van der Waals surface area contributed by atoms with Gasteiger partial charge in [0.2, 0.25) is 5.88 Å². The van der Waals surface area contributed by atoms with Gasteiger partial charge in [-0.2, -0.15) is 4.98 Å². The van der Waals surface area contributed by atoms with Gasteiger partial charge in [-0.25, -0.2) is 4.98 Å². The van der Waals surface area contributed by atoms with Crippen LogP contribution in [0.2, 0.25) is 0 Å². The van der Waals surface area contributed by atoms with Crippen LogP contribution in [0.25, 0.3) is 0 Å². The van der Waals surface area contributed by atoms with Crippen molar-refractivity contribution in [3.05, 3.63) is 41.2 Å². The summed E-state index contributed by atoms with van der Waals surface area (Å²) in [6, 6.07) is 3.44. The molecule has 0 unspecified atom stereocenters. The molecule has 0 aromatic carbocycles. The molecule has 1 amide bonds. The average Bonchev–Trinajstić information content (AvgIpc) is 3.13. The Morgan fingerprint density at radius 3 is 2.81 bits per heavy atom. The third-order valence-electron chi connectivity index (χ3n) is 5.14. The first kappa shape index (κ1) is 18.0. The Bertz CT molecular complexity index is 783. The van der Waals surface area contributed by atoms with E-state index in [1.807, 2.05) is 4.90 Å². The lowest BCUT2D eigenvalue weighted by Gasteiger charge is -2.32. The quantitative estimate of drug-likeness (QED) is 0.821. The highest BCUT2D eigenvalue weighted by atomic mass is 16.5. The van der Waals surface area contributed by atoms with Crippen molar-refractivity contribution in [3.8, 4) is 5.88 Å². The molecule has 0 radical (unpaired) electrons. The normalized spacial score (nSPS) is 18.0. The molecule has 0 atom stereocenters. The fourth-order valence-electron chi connectivity index (χ4n) is 3.61. The van der Waals surface area contributed by atoms with Crippen LogP contribution < -0.4 is 4.74 Å². The molecule has 4 rings (SSSR count). The number of aryl methyl sites for hydroxylation is 1. The van der Waals surface area contributed by atoms with E-state index in [2.05, 4.69) is 16.9 Å². The molecule has 2 aromatic rings. The highest BCUT2D eigenvalue weighted by Gasteiger charge is 2.27. The fraction of sp³-hybridized carbons (Fsp3) is 0.550. The molecular formula is C20H25N3O4. The predicted molar refractivity (Wildman–Crippen MR) is 97.9 cm³/mol. The van der Waals surface area contributed by atoms with Gasteiger partial charge >= 0.3 is 0 Å². The predicted octanol–water partition coefficient (Wildman–Crippen LogP) is 2.43. The van der Waals surface area contributed by atoms with Crippen LogP contribution in [0, 0.1) is 0 Å². The summed E-state index contributed by atoms with van der Waals surface area (Å²) in [6.07, 6.45) is 5.51. The van der Waals surface area contributed by atoms with E-state index < -0.39 is 0 Å². The molecule has 2 aromatic heterocycles. The summed E-state index contributed by atoms with van der Waals surface area (Å²) in [6.45, 7) is 4.73. The molecule has 0 saturated carbocycles. The lowest BCUT2D eigenvalue weighted by molar-refractivity contribution is 0.0556. The standard InChI is InChI=1S/C20H25N3O4/c1-2-18-21-16-8-13-25-12-7-15(16)19(22-18)27-14-5-9-23(10-6-14)20(24)17-4-3-11-26-17/h3-4,11,14H,2,5-10,12-13H2,1H3. The van der Waals surface area contributed by atoms with Gasteiger partial charge in [0, 0.05) is 50.8 Å². The van der Waals surface area contributed by atoms with E-state index in [-0.39, 0.29) is 12.0 Å². The van der Waals surface area contributed by atoms with Gasteiger partial charge in [-0.05, 0) is 12.1 Å². The van der Waals surface area contributed by atoms with Crippen LogP contribution in [-0.2, 0) is 24.0 Å². The van der Waals surface area contributed by atoms with E-state index in [4.69, 9.17) is 13.9 Å². The Labute approximate surface area is 158 Å². The number of ether oxygens (including phenoxy) is 2. The number of amides is 1. The second kappa shape index (κ2) is 8.08.